The normalized spacial score (nSPS) is 13.0. The lowest BCUT2D eigenvalue weighted by Crippen LogP contribution is -2.33. The van der Waals surface area contributed by atoms with Crippen molar-refractivity contribution in [2.75, 3.05) is 0 Å². The first-order valence-electron chi connectivity index (χ1n) is 2.85. The minimum atomic E-state index is -4.28. The highest BCUT2D eigenvalue weighted by atomic mass is 32.2. The van der Waals surface area contributed by atoms with Gasteiger partial charge in [-0.3, -0.25) is 9.35 Å². The highest BCUT2D eigenvalue weighted by molar-refractivity contribution is 7.87. The Labute approximate surface area is 64.8 Å². The first-order valence-corrected chi connectivity index (χ1v) is 4.29. The summed E-state index contributed by atoms with van der Waals surface area (Å²) in [7, 11) is -4.28. The van der Waals surface area contributed by atoms with Gasteiger partial charge in [-0.15, -0.1) is 0 Å². The molecule has 0 saturated carbocycles. The molecule has 6 heteroatoms. The fourth-order valence-electron chi connectivity index (χ4n) is 0.455. The predicted octanol–water partition coefficient (Wildman–Crippen LogP) is 0.128. The lowest BCUT2D eigenvalue weighted by Gasteiger charge is -2.17. The third-order valence-corrected chi connectivity index (χ3v) is 2.82. The molecule has 0 rings (SSSR count). The zero-order chi connectivity index (χ0) is 9.28. The molecule has 0 amide bonds. The maximum Gasteiger partial charge on any atom is 0.305 e. The molecule has 0 aromatic carbocycles. The minimum absolute atomic E-state index is 0.605. The SMILES string of the molecule is CC(C)(CC(=O)O)S(=O)(=O)O. The molecule has 0 atom stereocenters. The van der Waals surface area contributed by atoms with Crippen LogP contribution in [0.4, 0.5) is 0 Å². The Bertz CT molecular complexity index is 250. The largest absolute Gasteiger partial charge is 0.481 e. The predicted molar refractivity (Wildman–Crippen MR) is 37.9 cm³/mol. The molecule has 0 aromatic heterocycles. The van der Waals surface area contributed by atoms with E-state index in [1.807, 2.05) is 0 Å². The lowest BCUT2D eigenvalue weighted by molar-refractivity contribution is -0.137. The molecule has 0 aliphatic rings. The van der Waals surface area contributed by atoms with E-state index in [4.69, 9.17) is 9.66 Å². The van der Waals surface area contributed by atoms with Crippen LogP contribution in [0.25, 0.3) is 0 Å². The van der Waals surface area contributed by atoms with Crippen LogP contribution in [0.2, 0.25) is 0 Å². The fourth-order valence-corrected chi connectivity index (χ4v) is 0.761. The zero-order valence-corrected chi connectivity index (χ0v) is 7.05. The molecule has 11 heavy (non-hydrogen) atoms. The molecule has 0 aromatic rings. The Hall–Kier alpha value is -0.620. The summed E-state index contributed by atoms with van der Waals surface area (Å²) in [4.78, 5) is 10.1. The first-order chi connectivity index (χ1) is 4.67. The number of rotatable bonds is 3. The monoisotopic (exact) mass is 182 g/mol. The average molecular weight is 182 g/mol. The number of carboxylic acids is 1. The minimum Gasteiger partial charge on any atom is -0.481 e. The van der Waals surface area contributed by atoms with Gasteiger partial charge in [0, 0.05) is 0 Å². The molecule has 0 saturated heterocycles. The summed E-state index contributed by atoms with van der Waals surface area (Å²) in [5.41, 5.74) is 0. The van der Waals surface area contributed by atoms with Gasteiger partial charge in [0.2, 0.25) is 0 Å². The van der Waals surface area contributed by atoms with E-state index in [9.17, 15) is 13.2 Å². The van der Waals surface area contributed by atoms with Crippen molar-refractivity contribution in [2.45, 2.75) is 25.0 Å². The molecule has 0 radical (unpaired) electrons. The number of carboxylic acid groups (broad SMARTS) is 1. The van der Waals surface area contributed by atoms with E-state index in [-0.39, 0.29) is 0 Å². The first kappa shape index (κ1) is 10.4. The van der Waals surface area contributed by atoms with Crippen LogP contribution in [0, 0.1) is 0 Å². The second-order valence-electron chi connectivity index (χ2n) is 2.81. The average Bonchev–Trinajstić information content (AvgIpc) is 1.56. The van der Waals surface area contributed by atoms with Crippen molar-refractivity contribution in [1.29, 1.82) is 0 Å². The van der Waals surface area contributed by atoms with E-state index in [1.54, 1.807) is 0 Å². The van der Waals surface area contributed by atoms with Crippen LogP contribution < -0.4 is 0 Å². The van der Waals surface area contributed by atoms with E-state index < -0.39 is 27.3 Å². The molecule has 0 fully saturated rings. The second-order valence-corrected chi connectivity index (χ2v) is 4.86. The Morgan fingerprint density at radius 1 is 1.45 bits per heavy atom. The zero-order valence-electron chi connectivity index (χ0n) is 6.23. The van der Waals surface area contributed by atoms with Gasteiger partial charge in [-0.25, -0.2) is 0 Å². The van der Waals surface area contributed by atoms with Crippen LogP contribution in [0.5, 0.6) is 0 Å². The molecule has 0 aliphatic carbocycles. The Kier molecular flexibility index (Phi) is 2.63. The van der Waals surface area contributed by atoms with Crippen LogP contribution in [-0.4, -0.2) is 28.8 Å². The topological polar surface area (TPSA) is 91.7 Å². The smallest absolute Gasteiger partial charge is 0.305 e. The second kappa shape index (κ2) is 2.78. The summed E-state index contributed by atoms with van der Waals surface area (Å²) >= 11 is 0. The fraction of sp³-hybridized carbons (Fsp3) is 0.800. The Morgan fingerprint density at radius 2 is 1.82 bits per heavy atom. The van der Waals surface area contributed by atoms with Crippen molar-refractivity contribution in [3.8, 4) is 0 Å². The van der Waals surface area contributed by atoms with Crippen LogP contribution in [0.1, 0.15) is 20.3 Å². The molecule has 0 unspecified atom stereocenters. The summed E-state index contributed by atoms with van der Waals surface area (Å²) in [5.74, 6) is -1.26. The summed E-state index contributed by atoms with van der Waals surface area (Å²) in [6.45, 7) is 2.30. The van der Waals surface area contributed by atoms with Gasteiger partial charge in [-0.1, -0.05) is 0 Å². The third kappa shape index (κ3) is 2.85. The van der Waals surface area contributed by atoms with E-state index in [0.717, 1.165) is 13.8 Å². The highest BCUT2D eigenvalue weighted by Gasteiger charge is 2.34. The van der Waals surface area contributed by atoms with Gasteiger partial charge >= 0.3 is 5.97 Å². The van der Waals surface area contributed by atoms with Gasteiger partial charge in [0.15, 0.2) is 0 Å². The number of hydrogen-bond acceptors (Lipinski definition) is 3. The number of aliphatic carboxylic acids is 1. The molecule has 0 spiro atoms. The molecular formula is C5H10O5S. The van der Waals surface area contributed by atoms with Crippen molar-refractivity contribution in [3.05, 3.63) is 0 Å². The molecular weight excluding hydrogens is 172 g/mol. The molecule has 0 heterocycles. The van der Waals surface area contributed by atoms with E-state index >= 15 is 0 Å². The van der Waals surface area contributed by atoms with Crippen molar-refractivity contribution in [3.63, 3.8) is 0 Å². The van der Waals surface area contributed by atoms with Crippen molar-refractivity contribution in [1.82, 2.24) is 0 Å². The van der Waals surface area contributed by atoms with Gasteiger partial charge in [0.25, 0.3) is 10.1 Å². The van der Waals surface area contributed by atoms with Gasteiger partial charge < -0.3 is 5.11 Å². The van der Waals surface area contributed by atoms with Gasteiger partial charge in [-0.2, -0.15) is 8.42 Å². The van der Waals surface area contributed by atoms with Crippen LogP contribution in [0.15, 0.2) is 0 Å². The number of carbonyl (C=O) groups is 1. The van der Waals surface area contributed by atoms with E-state index in [2.05, 4.69) is 0 Å². The standard InChI is InChI=1S/C5H10O5S/c1-5(2,3-4(6)7)11(8,9)10/h3H2,1-2H3,(H,6,7)(H,8,9,10). The maximum atomic E-state index is 10.5. The maximum absolute atomic E-state index is 10.5. The van der Waals surface area contributed by atoms with Gasteiger partial charge in [-0.05, 0) is 13.8 Å². The molecule has 0 bridgehead atoms. The molecule has 66 valence electrons. The third-order valence-electron chi connectivity index (χ3n) is 1.28. The van der Waals surface area contributed by atoms with Crippen LogP contribution >= 0.6 is 0 Å². The summed E-state index contributed by atoms with van der Waals surface area (Å²) in [5, 5.41) is 8.24. The Balaban J connectivity index is 4.62. The lowest BCUT2D eigenvalue weighted by atomic mass is 10.1. The molecule has 2 N–H and O–H groups in total. The van der Waals surface area contributed by atoms with Crippen molar-refractivity contribution < 1.29 is 22.9 Å². The molecule has 5 nitrogen and oxygen atoms in total. The molecule has 0 aliphatic heterocycles. The van der Waals surface area contributed by atoms with Crippen molar-refractivity contribution in [2.24, 2.45) is 0 Å². The van der Waals surface area contributed by atoms with Gasteiger partial charge in [0.05, 0.1) is 6.42 Å². The highest BCUT2D eigenvalue weighted by Crippen LogP contribution is 2.18. The van der Waals surface area contributed by atoms with Crippen LogP contribution in [0.3, 0.4) is 0 Å². The Morgan fingerprint density at radius 3 is 1.91 bits per heavy atom. The summed E-state index contributed by atoms with van der Waals surface area (Å²) in [6.07, 6.45) is -0.605. The number of hydrogen-bond donors (Lipinski definition) is 2. The van der Waals surface area contributed by atoms with E-state index in [1.165, 1.54) is 0 Å². The van der Waals surface area contributed by atoms with Crippen molar-refractivity contribution >= 4 is 16.1 Å². The quantitative estimate of drug-likeness (QED) is 0.605. The summed E-state index contributed by atoms with van der Waals surface area (Å²) < 4.78 is 27.9. The van der Waals surface area contributed by atoms with Crippen LogP contribution in [-0.2, 0) is 14.9 Å². The van der Waals surface area contributed by atoms with Gasteiger partial charge in [0.1, 0.15) is 4.75 Å². The summed E-state index contributed by atoms with van der Waals surface area (Å²) in [6, 6.07) is 0. The van der Waals surface area contributed by atoms with E-state index in [0.29, 0.717) is 0 Å².